The zero-order valence-corrected chi connectivity index (χ0v) is 10.7. The fourth-order valence-electron chi connectivity index (χ4n) is 1.23. The molecule has 0 saturated heterocycles. The minimum absolute atomic E-state index is 0.289. The predicted molar refractivity (Wildman–Crippen MR) is 68.8 cm³/mol. The zero-order valence-electron chi connectivity index (χ0n) is 6.82. The molecule has 0 saturated carbocycles. The van der Waals surface area contributed by atoms with Crippen LogP contribution in [0.4, 0.5) is 0 Å². The molecule has 0 spiro atoms. The number of benzene rings is 1. The van der Waals surface area contributed by atoms with E-state index in [0.29, 0.717) is 0 Å². The van der Waals surface area contributed by atoms with E-state index in [1.165, 1.54) is 0 Å². The van der Waals surface area contributed by atoms with E-state index in [4.69, 9.17) is 5.11 Å². The second kappa shape index (κ2) is 3.71. The van der Waals surface area contributed by atoms with Crippen molar-refractivity contribution in [3.63, 3.8) is 0 Å². The highest BCUT2D eigenvalue weighted by Crippen LogP contribution is 2.32. The number of hydrogen-bond acceptors (Lipinski definition) is 3. The summed E-state index contributed by atoms with van der Waals surface area (Å²) in [6.07, 6.45) is 0. The first kappa shape index (κ1) is 10.3. The lowest BCUT2D eigenvalue weighted by Gasteiger charge is -1.97. The van der Waals surface area contributed by atoms with Gasteiger partial charge in [-0.25, -0.2) is 4.79 Å². The predicted octanol–water partition coefficient (Wildman–Crippen LogP) is 3.49. The number of carbonyl (C=O) groups is 1. The van der Waals surface area contributed by atoms with Crippen LogP contribution < -0.4 is 0 Å². The first-order valence-corrected chi connectivity index (χ1v) is 6.07. The van der Waals surface area contributed by atoms with Crippen molar-refractivity contribution < 1.29 is 9.90 Å². The number of carboxylic acid groups (broad SMARTS) is 1. The maximum Gasteiger partial charge on any atom is 0.335 e. The van der Waals surface area contributed by atoms with Crippen molar-refractivity contribution in [3.8, 4) is 0 Å². The van der Waals surface area contributed by atoms with Gasteiger partial charge < -0.3 is 5.11 Å². The van der Waals surface area contributed by atoms with Gasteiger partial charge in [0.25, 0.3) is 0 Å². The number of aromatic carboxylic acids is 1. The van der Waals surface area contributed by atoms with Crippen LogP contribution in [0.25, 0.3) is 10.1 Å². The molecule has 2 rings (SSSR count). The molecular weight excluding hydrogens is 331 g/mol. The minimum atomic E-state index is -0.914. The van der Waals surface area contributed by atoms with E-state index >= 15 is 0 Å². The summed E-state index contributed by atoms with van der Waals surface area (Å²) in [7, 11) is 0. The first-order valence-electron chi connectivity index (χ1n) is 3.73. The van der Waals surface area contributed by atoms with Crippen LogP contribution in [-0.2, 0) is 0 Å². The Bertz CT molecular complexity index is 519. The van der Waals surface area contributed by atoms with Crippen LogP contribution in [0.2, 0.25) is 0 Å². The maximum atomic E-state index is 10.8. The van der Waals surface area contributed by atoms with Crippen molar-refractivity contribution in [1.29, 1.82) is 0 Å². The molecule has 1 N–H and O–H groups in total. The van der Waals surface area contributed by atoms with Gasteiger partial charge in [-0.3, -0.25) is 0 Å². The summed E-state index contributed by atoms with van der Waals surface area (Å²) in [6, 6.07) is 5.23. The van der Waals surface area contributed by atoms with Crippen molar-refractivity contribution in [1.82, 2.24) is 0 Å². The van der Waals surface area contributed by atoms with Crippen LogP contribution in [-0.4, -0.2) is 11.1 Å². The van der Waals surface area contributed by atoms with E-state index < -0.39 is 5.97 Å². The molecule has 1 aromatic heterocycles. The molecule has 0 aliphatic heterocycles. The third kappa shape index (κ3) is 1.76. The van der Waals surface area contributed by atoms with E-state index in [0.717, 1.165) is 17.9 Å². The maximum absolute atomic E-state index is 10.8. The summed E-state index contributed by atoms with van der Waals surface area (Å²) < 4.78 is 2.18. The Morgan fingerprint density at radius 3 is 2.79 bits per heavy atom. The van der Waals surface area contributed by atoms with Gasteiger partial charge >= 0.3 is 5.97 Å². The summed E-state index contributed by atoms with van der Waals surface area (Å²) in [5.41, 5.74) is 0.289. The van der Waals surface area contributed by atoms with E-state index in [2.05, 4.69) is 35.2 Å². The molecule has 1 heterocycles. The number of halogens is 1. The molecule has 14 heavy (non-hydrogen) atoms. The van der Waals surface area contributed by atoms with Gasteiger partial charge in [0, 0.05) is 9.60 Å². The monoisotopic (exact) mass is 336 g/mol. The SMILES string of the molecule is O=C(O)c1cc(S)c2sc(I)cc2c1. The van der Waals surface area contributed by atoms with Crippen LogP contribution in [0.1, 0.15) is 10.4 Å². The molecule has 0 radical (unpaired) electrons. The lowest BCUT2D eigenvalue weighted by Crippen LogP contribution is -1.95. The molecule has 2 nitrogen and oxygen atoms in total. The summed E-state index contributed by atoms with van der Waals surface area (Å²) in [5.74, 6) is -0.914. The van der Waals surface area contributed by atoms with Crippen LogP contribution in [0, 0.1) is 2.88 Å². The largest absolute Gasteiger partial charge is 0.478 e. The topological polar surface area (TPSA) is 37.3 Å². The normalized spacial score (nSPS) is 10.7. The molecule has 2 aromatic rings. The van der Waals surface area contributed by atoms with Gasteiger partial charge in [-0.05, 0) is 46.2 Å². The number of fused-ring (bicyclic) bond motifs is 1. The van der Waals surface area contributed by atoms with Crippen LogP contribution in [0.15, 0.2) is 23.1 Å². The molecule has 0 amide bonds. The molecule has 5 heteroatoms. The Hall–Kier alpha value is -0.270. The molecule has 0 atom stereocenters. The van der Waals surface area contributed by atoms with Crippen molar-refractivity contribution >= 4 is 62.6 Å². The van der Waals surface area contributed by atoms with E-state index in [1.807, 2.05) is 6.07 Å². The number of carboxylic acids is 1. The van der Waals surface area contributed by atoms with Gasteiger partial charge in [0.05, 0.1) is 8.45 Å². The van der Waals surface area contributed by atoms with Gasteiger partial charge in [-0.2, -0.15) is 0 Å². The standard InChI is InChI=1S/C9H5IO2S2/c10-7-3-4-1-5(9(11)12)2-6(13)8(4)14-7/h1-3,13H,(H,11,12). The fourth-order valence-corrected chi connectivity index (χ4v) is 3.41. The molecule has 0 aliphatic carbocycles. The summed E-state index contributed by atoms with van der Waals surface area (Å²) in [4.78, 5) is 11.5. The third-order valence-corrected chi connectivity index (χ3v) is 4.26. The molecule has 0 aliphatic rings. The van der Waals surface area contributed by atoms with E-state index in [-0.39, 0.29) is 5.56 Å². The molecule has 72 valence electrons. The third-order valence-electron chi connectivity index (χ3n) is 1.81. The number of thiol groups is 1. The average Bonchev–Trinajstić information content (AvgIpc) is 2.45. The summed E-state index contributed by atoms with van der Waals surface area (Å²) in [5, 5.41) is 9.79. The summed E-state index contributed by atoms with van der Waals surface area (Å²) >= 11 is 8.10. The number of hydrogen-bond donors (Lipinski definition) is 2. The Labute approximate surface area is 103 Å². The average molecular weight is 336 g/mol. The molecule has 0 fully saturated rings. The van der Waals surface area contributed by atoms with Gasteiger partial charge in [-0.15, -0.1) is 24.0 Å². The van der Waals surface area contributed by atoms with Gasteiger partial charge in [0.2, 0.25) is 0 Å². The molecule has 1 aromatic carbocycles. The Kier molecular flexibility index (Phi) is 2.72. The molecule has 0 bridgehead atoms. The minimum Gasteiger partial charge on any atom is -0.478 e. The van der Waals surface area contributed by atoms with Crippen LogP contribution in [0.3, 0.4) is 0 Å². The van der Waals surface area contributed by atoms with Crippen LogP contribution >= 0.6 is 46.6 Å². The Morgan fingerprint density at radius 2 is 2.14 bits per heavy atom. The second-order valence-electron chi connectivity index (χ2n) is 2.77. The van der Waals surface area contributed by atoms with E-state index in [9.17, 15) is 4.79 Å². The van der Waals surface area contributed by atoms with E-state index in [1.54, 1.807) is 23.5 Å². The van der Waals surface area contributed by atoms with Gasteiger partial charge in [0.1, 0.15) is 0 Å². The van der Waals surface area contributed by atoms with Crippen molar-refractivity contribution in [3.05, 3.63) is 26.6 Å². The highest BCUT2D eigenvalue weighted by molar-refractivity contribution is 14.1. The zero-order chi connectivity index (χ0) is 10.3. The van der Waals surface area contributed by atoms with Crippen molar-refractivity contribution in [2.45, 2.75) is 4.90 Å². The molecular formula is C9H5IO2S2. The van der Waals surface area contributed by atoms with Crippen LogP contribution in [0.5, 0.6) is 0 Å². The fraction of sp³-hybridized carbons (Fsp3) is 0. The number of thiophene rings is 1. The van der Waals surface area contributed by atoms with Gasteiger partial charge in [0.15, 0.2) is 0 Å². The van der Waals surface area contributed by atoms with Crippen molar-refractivity contribution in [2.75, 3.05) is 0 Å². The first-order chi connectivity index (χ1) is 6.58. The Balaban J connectivity index is 2.77. The highest BCUT2D eigenvalue weighted by atomic mass is 127. The molecule has 0 unspecified atom stereocenters. The highest BCUT2D eigenvalue weighted by Gasteiger charge is 2.09. The number of rotatable bonds is 1. The van der Waals surface area contributed by atoms with Gasteiger partial charge in [-0.1, -0.05) is 0 Å². The lowest BCUT2D eigenvalue weighted by atomic mass is 10.2. The smallest absolute Gasteiger partial charge is 0.335 e. The quantitative estimate of drug-likeness (QED) is 0.618. The van der Waals surface area contributed by atoms with Crippen molar-refractivity contribution in [2.24, 2.45) is 0 Å². The summed E-state index contributed by atoms with van der Waals surface area (Å²) in [6.45, 7) is 0. The Morgan fingerprint density at radius 1 is 1.43 bits per heavy atom. The lowest BCUT2D eigenvalue weighted by molar-refractivity contribution is 0.0697. The second-order valence-corrected chi connectivity index (χ2v) is 6.20.